The normalized spacial score (nSPS) is 13.6. The molecule has 6 heteroatoms. The molecule has 3 rings (SSSR count). The molecule has 2 aromatic rings. The molecule has 0 spiro atoms. The van der Waals surface area contributed by atoms with Crippen LogP contribution in [0.15, 0.2) is 48.5 Å². The molecular formula is C20H21N3O3. The summed E-state index contributed by atoms with van der Waals surface area (Å²) in [4.78, 5) is 37.7. The Bertz CT molecular complexity index is 848. The summed E-state index contributed by atoms with van der Waals surface area (Å²) >= 11 is 0. The van der Waals surface area contributed by atoms with Gasteiger partial charge in [-0.2, -0.15) is 0 Å². The Labute approximate surface area is 152 Å². The van der Waals surface area contributed by atoms with Crippen molar-refractivity contribution in [1.29, 1.82) is 0 Å². The van der Waals surface area contributed by atoms with Crippen LogP contribution in [0.2, 0.25) is 0 Å². The van der Waals surface area contributed by atoms with Gasteiger partial charge in [-0.3, -0.25) is 14.4 Å². The standard InChI is InChI=1S/C20H21N3O3/c1-14(24)15-7-2-3-8-16(15)22-19(25)13-21-17-9-4-5-10-18(17)23-12-6-11-20(23)26/h2-5,7-10,21H,6,11-13H2,1H3,(H,22,25). The second-order valence-corrected chi connectivity index (χ2v) is 6.17. The van der Waals surface area contributed by atoms with Crippen LogP contribution >= 0.6 is 0 Å². The van der Waals surface area contributed by atoms with E-state index in [2.05, 4.69) is 10.6 Å². The molecule has 134 valence electrons. The van der Waals surface area contributed by atoms with E-state index < -0.39 is 0 Å². The van der Waals surface area contributed by atoms with Gasteiger partial charge in [0, 0.05) is 18.5 Å². The van der Waals surface area contributed by atoms with Crippen LogP contribution in [0.25, 0.3) is 0 Å². The van der Waals surface area contributed by atoms with Crippen LogP contribution in [0.3, 0.4) is 0 Å². The minimum atomic E-state index is -0.263. The zero-order valence-electron chi connectivity index (χ0n) is 14.6. The van der Waals surface area contributed by atoms with Gasteiger partial charge in [-0.15, -0.1) is 0 Å². The lowest BCUT2D eigenvalue weighted by Crippen LogP contribution is -2.27. The molecule has 6 nitrogen and oxygen atoms in total. The molecule has 0 atom stereocenters. The molecule has 2 aromatic carbocycles. The van der Waals surface area contributed by atoms with Gasteiger partial charge in [0.2, 0.25) is 11.8 Å². The fourth-order valence-corrected chi connectivity index (χ4v) is 3.03. The smallest absolute Gasteiger partial charge is 0.243 e. The molecule has 1 heterocycles. The highest BCUT2D eigenvalue weighted by Gasteiger charge is 2.23. The summed E-state index contributed by atoms with van der Waals surface area (Å²) < 4.78 is 0. The molecule has 0 aromatic heterocycles. The number of rotatable bonds is 6. The van der Waals surface area contributed by atoms with E-state index in [-0.39, 0.29) is 24.1 Å². The van der Waals surface area contributed by atoms with Crippen molar-refractivity contribution in [2.24, 2.45) is 0 Å². The van der Waals surface area contributed by atoms with Crippen LogP contribution < -0.4 is 15.5 Å². The van der Waals surface area contributed by atoms with Crippen molar-refractivity contribution >= 4 is 34.7 Å². The van der Waals surface area contributed by atoms with Crippen molar-refractivity contribution in [3.05, 3.63) is 54.1 Å². The molecule has 0 saturated carbocycles. The topological polar surface area (TPSA) is 78.5 Å². The van der Waals surface area contributed by atoms with Crippen molar-refractivity contribution in [3.8, 4) is 0 Å². The van der Waals surface area contributed by atoms with Gasteiger partial charge in [-0.05, 0) is 37.6 Å². The molecule has 1 aliphatic rings. The first-order chi connectivity index (χ1) is 12.6. The minimum absolute atomic E-state index is 0.0330. The summed E-state index contributed by atoms with van der Waals surface area (Å²) in [5, 5.41) is 5.85. The first-order valence-corrected chi connectivity index (χ1v) is 8.59. The number of benzene rings is 2. The Morgan fingerprint density at radius 2 is 1.73 bits per heavy atom. The Morgan fingerprint density at radius 3 is 2.42 bits per heavy atom. The largest absolute Gasteiger partial charge is 0.374 e. The van der Waals surface area contributed by atoms with Crippen LogP contribution in [0, 0.1) is 0 Å². The first kappa shape index (κ1) is 17.7. The molecule has 26 heavy (non-hydrogen) atoms. The molecular weight excluding hydrogens is 330 g/mol. The maximum Gasteiger partial charge on any atom is 0.243 e. The zero-order valence-corrected chi connectivity index (χ0v) is 14.6. The first-order valence-electron chi connectivity index (χ1n) is 8.59. The molecule has 0 radical (unpaired) electrons. The number of nitrogens with zero attached hydrogens (tertiary/aromatic N) is 1. The Hall–Kier alpha value is -3.15. The third-order valence-electron chi connectivity index (χ3n) is 4.29. The molecule has 0 unspecified atom stereocenters. The van der Waals surface area contributed by atoms with Gasteiger partial charge in [0.25, 0.3) is 0 Å². The molecule has 0 bridgehead atoms. The number of amides is 2. The van der Waals surface area contributed by atoms with Crippen LogP contribution in [0.5, 0.6) is 0 Å². The number of carbonyl (C=O) groups excluding carboxylic acids is 3. The van der Waals surface area contributed by atoms with Crippen LogP contribution in [0.4, 0.5) is 17.1 Å². The lowest BCUT2D eigenvalue weighted by atomic mass is 10.1. The van der Waals surface area contributed by atoms with E-state index in [0.717, 1.165) is 17.8 Å². The highest BCUT2D eigenvalue weighted by Crippen LogP contribution is 2.29. The van der Waals surface area contributed by atoms with Gasteiger partial charge in [-0.25, -0.2) is 0 Å². The summed E-state index contributed by atoms with van der Waals surface area (Å²) in [5.74, 6) is -0.271. The second kappa shape index (κ2) is 7.82. The summed E-state index contributed by atoms with van der Waals surface area (Å²) in [6.07, 6.45) is 1.39. The average Bonchev–Trinajstić information content (AvgIpc) is 3.06. The molecule has 1 saturated heterocycles. The highest BCUT2D eigenvalue weighted by molar-refractivity contribution is 6.04. The summed E-state index contributed by atoms with van der Waals surface area (Å²) in [6, 6.07) is 14.3. The SMILES string of the molecule is CC(=O)c1ccccc1NC(=O)CNc1ccccc1N1CCCC1=O. The van der Waals surface area contributed by atoms with E-state index in [0.29, 0.717) is 24.2 Å². The number of hydrogen-bond donors (Lipinski definition) is 2. The third-order valence-corrected chi connectivity index (χ3v) is 4.29. The number of carbonyl (C=O) groups is 3. The zero-order chi connectivity index (χ0) is 18.5. The second-order valence-electron chi connectivity index (χ2n) is 6.17. The summed E-state index contributed by atoms with van der Waals surface area (Å²) in [6.45, 7) is 2.19. The fourth-order valence-electron chi connectivity index (χ4n) is 3.03. The van der Waals surface area contributed by atoms with E-state index in [9.17, 15) is 14.4 Å². The maximum atomic E-state index is 12.3. The van der Waals surface area contributed by atoms with E-state index in [1.165, 1.54) is 6.92 Å². The van der Waals surface area contributed by atoms with Gasteiger partial charge < -0.3 is 15.5 Å². The third kappa shape index (κ3) is 3.91. The van der Waals surface area contributed by atoms with Crippen LogP contribution in [0.1, 0.15) is 30.1 Å². The van der Waals surface area contributed by atoms with Crippen molar-refractivity contribution in [1.82, 2.24) is 0 Å². The van der Waals surface area contributed by atoms with Gasteiger partial charge >= 0.3 is 0 Å². The van der Waals surface area contributed by atoms with Gasteiger partial charge in [0.1, 0.15) is 0 Å². The fraction of sp³-hybridized carbons (Fsp3) is 0.250. The van der Waals surface area contributed by atoms with Crippen molar-refractivity contribution in [2.45, 2.75) is 19.8 Å². The molecule has 1 aliphatic heterocycles. The summed E-state index contributed by atoms with van der Waals surface area (Å²) in [7, 11) is 0. The van der Waals surface area contributed by atoms with Gasteiger partial charge in [0.05, 0.1) is 23.6 Å². The van der Waals surface area contributed by atoms with Crippen LogP contribution in [-0.4, -0.2) is 30.7 Å². The monoisotopic (exact) mass is 351 g/mol. The van der Waals surface area contributed by atoms with Crippen LogP contribution in [-0.2, 0) is 9.59 Å². The highest BCUT2D eigenvalue weighted by atomic mass is 16.2. The number of hydrogen-bond acceptors (Lipinski definition) is 4. The number of anilines is 3. The van der Waals surface area contributed by atoms with Crippen molar-refractivity contribution in [2.75, 3.05) is 28.6 Å². The number of nitrogens with one attached hydrogen (secondary N) is 2. The van der Waals surface area contributed by atoms with Gasteiger partial charge in [0.15, 0.2) is 5.78 Å². The van der Waals surface area contributed by atoms with Crippen molar-refractivity contribution in [3.63, 3.8) is 0 Å². The number of Topliss-reactive ketones (excluding diaryl/α,β-unsaturated/α-hetero) is 1. The summed E-state index contributed by atoms with van der Waals surface area (Å²) in [5.41, 5.74) is 2.49. The molecule has 2 amide bonds. The number of ketones is 1. The quantitative estimate of drug-likeness (QED) is 0.784. The lowest BCUT2D eigenvalue weighted by molar-refractivity contribution is -0.117. The van der Waals surface area contributed by atoms with Crippen molar-refractivity contribution < 1.29 is 14.4 Å². The van der Waals surface area contributed by atoms with Gasteiger partial charge in [-0.1, -0.05) is 24.3 Å². The van der Waals surface area contributed by atoms with E-state index in [1.807, 2.05) is 24.3 Å². The molecule has 1 fully saturated rings. The maximum absolute atomic E-state index is 12.3. The Balaban J connectivity index is 1.68. The number of para-hydroxylation sites is 3. The van der Waals surface area contributed by atoms with E-state index >= 15 is 0 Å². The molecule has 2 N–H and O–H groups in total. The van der Waals surface area contributed by atoms with E-state index in [1.54, 1.807) is 29.2 Å². The average molecular weight is 351 g/mol. The van der Waals surface area contributed by atoms with E-state index in [4.69, 9.17) is 0 Å². The predicted octanol–water partition coefficient (Wildman–Crippen LogP) is 3.07. The lowest BCUT2D eigenvalue weighted by Gasteiger charge is -2.20. The predicted molar refractivity (Wildman–Crippen MR) is 102 cm³/mol. The molecule has 0 aliphatic carbocycles. The Morgan fingerprint density at radius 1 is 1.04 bits per heavy atom. The Kier molecular flexibility index (Phi) is 5.31. The minimum Gasteiger partial charge on any atom is -0.374 e.